The van der Waals surface area contributed by atoms with Gasteiger partial charge in [-0.05, 0) is 42.0 Å². The number of nitrogens with two attached hydrogens (primary N) is 2. The lowest BCUT2D eigenvalue weighted by Gasteiger charge is -2.10. The zero-order valence-corrected chi connectivity index (χ0v) is 14.1. The number of rotatable bonds is 5. The first-order valence-electron chi connectivity index (χ1n) is 7.69. The molecule has 0 fully saturated rings. The molecule has 0 amide bonds. The Labute approximate surface area is 145 Å². The van der Waals surface area contributed by atoms with Crippen LogP contribution in [0.5, 0.6) is 11.5 Å². The summed E-state index contributed by atoms with van der Waals surface area (Å²) >= 11 is 0. The highest BCUT2D eigenvalue weighted by Crippen LogP contribution is 2.25. The number of nitrogens with zero attached hydrogens (tertiary/aromatic N) is 3. The van der Waals surface area contributed by atoms with Gasteiger partial charge < -0.3 is 14.0 Å². The van der Waals surface area contributed by atoms with Gasteiger partial charge in [0.1, 0.15) is 11.5 Å². The van der Waals surface area contributed by atoms with Crippen LogP contribution in [0.3, 0.4) is 0 Å². The van der Waals surface area contributed by atoms with Crippen molar-refractivity contribution in [1.82, 2.24) is 4.57 Å². The maximum Gasteiger partial charge on any atom is 0.350 e. The third kappa shape index (κ3) is 3.45. The lowest BCUT2D eigenvalue weighted by atomic mass is 10.1. The van der Waals surface area contributed by atoms with Gasteiger partial charge in [-0.25, -0.2) is 0 Å². The van der Waals surface area contributed by atoms with Crippen molar-refractivity contribution >= 4 is 16.7 Å². The van der Waals surface area contributed by atoms with E-state index in [1.165, 1.54) is 0 Å². The molecule has 128 valence electrons. The summed E-state index contributed by atoms with van der Waals surface area (Å²) in [4.78, 5) is 0. The van der Waals surface area contributed by atoms with Gasteiger partial charge in [-0.15, -0.1) is 0 Å². The number of hydrogen-bond donors (Lipinski definition) is 2. The summed E-state index contributed by atoms with van der Waals surface area (Å²) in [5.41, 5.74) is 2.95. The van der Waals surface area contributed by atoms with Crippen LogP contribution >= 0.6 is 0 Å². The highest BCUT2D eigenvalue weighted by Gasteiger charge is 2.11. The van der Waals surface area contributed by atoms with Crippen LogP contribution in [0.25, 0.3) is 10.9 Å². The zero-order valence-electron chi connectivity index (χ0n) is 14.1. The molecule has 0 saturated carbocycles. The van der Waals surface area contributed by atoms with E-state index in [1.807, 2.05) is 48.7 Å². The monoisotopic (exact) mass is 338 g/mol. The minimum Gasteiger partial charge on any atom is -0.497 e. The average Bonchev–Trinajstić information content (AvgIpc) is 3.03. The average molecular weight is 338 g/mol. The van der Waals surface area contributed by atoms with Gasteiger partial charge in [0.05, 0.1) is 24.9 Å². The largest absolute Gasteiger partial charge is 0.497 e. The number of amidine groups is 1. The van der Waals surface area contributed by atoms with Gasteiger partial charge in [0, 0.05) is 34.9 Å². The highest BCUT2D eigenvalue weighted by molar-refractivity contribution is 5.98. The third-order valence-electron chi connectivity index (χ3n) is 4.00. The fourth-order valence-corrected chi connectivity index (χ4v) is 2.77. The summed E-state index contributed by atoms with van der Waals surface area (Å²) < 4.78 is 12.8. The van der Waals surface area contributed by atoms with Crippen LogP contribution in [0.1, 0.15) is 11.1 Å². The predicted octanol–water partition coefficient (Wildman–Crippen LogP) is 1.54. The Hall–Kier alpha value is -3.35. The molecule has 0 aliphatic carbocycles. The molecule has 7 nitrogen and oxygen atoms in total. The number of hydrogen-bond acceptors (Lipinski definition) is 3. The van der Waals surface area contributed by atoms with Gasteiger partial charge in [-0.2, -0.15) is 0 Å². The molecule has 25 heavy (non-hydrogen) atoms. The summed E-state index contributed by atoms with van der Waals surface area (Å²) in [6.07, 6.45) is 2.03. The molecule has 3 rings (SSSR count). The van der Waals surface area contributed by atoms with E-state index >= 15 is 0 Å². The Kier molecular flexibility index (Phi) is 4.65. The first-order valence-corrected chi connectivity index (χ1v) is 7.69. The van der Waals surface area contributed by atoms with Crippen LogP contribution in [-0.2, 0) is 6.54 Å². The molecule has 0 saturated heterocycles. The standard InChI is InChI=1S/C18H19N5O2/c1-24-15-7-12(8-16(10-15)25-2)11-23-6-5-13-9-14(3-4-17(13)23)18(19)21-22-20/h3-10H,11H2,1-2H3,(H3,19,20,21)/p+1. The van der Waals surface area contributed by atoms with E-state index in [9.17, 15) is 0 Å². The van der Waals surface area contributed by atoms with Crippen molar-refractivity contribution in [1.29, 1.82) is 0 Å². The van der Waals surface area contributed by atoms with Crippen molar-refractivity contribution in [2.75, 3.05) is 14.2 Å². The van der Waals surface area contributed by atoms with Crippen molar-refractivity contribution in [3.8, 4) is 11.5 Å². The van der Waals surface area contributed by atoms with E-state index < -0.39 is 0 Å². The van der Waals surface area contributed by atoms with Crippen LogP contribution < -0.4 is 20.7 Å². The predicted molar refractivity (Wildman–Crippen MR) is 95.7 cm³/mol. The summed E-state index contributed by atoms with van der Waals surface area (Å²) in [6, 6.07) is 13.7. The molecule has 2 aromatic carbocycles. The van der Waals surface area contributed by atoms with Gasteiger partial charge in [0.2, 0.25) is 0 Å². The summed E-state index contributed by atoms with van der Waals surface area (Å²) in [5.74, 6) is 6.87. The van der Waals surface area contributed by atoms with Crippen LogP contribution in [0, 0.1) is 0 Å². The van der Waals surface area contributed by atoms with E-state index in [0.29, 0.717) is 6.54 Å². The highest BCUT2D eigenvalue weighted by atomic mass is 16.5. The van der Waals surface area contributed by atoms with Crippen molar-refractivity contribution in [3.63, 3.8) is 0 Å². The van der Waals surface area contributed by atoms with Crippen molar-refractivity contribution < 1.29 is 14.9 Å². The van der Waals surface area contributed by atoms with E-state index in [4.69, 9.17) is 20.7 Å². The van der Waals surface area contributed by atoms with Crippen molar-refractivity contribution in [2.24, 2.45) is 16.2 Å². The number of fused-ring (bicyclic) bond motifs is 1. The van der Waals surface area contributed by atoms with Crippen molar-refractivity contribution in [3.05, 3.63) is 59.8 Å². The Morgan fingerprint density at radius 2 is 1.80 bits per heavy atom. The molecule has 3 aromatic rings. The van der Waals surface area contributed by atoms with Crippen LogP contribution in [-0.4, -0.2) is 24.6 Å². The Balaban J connectivity index is 1.94. The zero-order chi connectivity index (χ0) is 17.8. The third-order valence-corrected chi connectivity index (χ3v) is 4.00. The number of aromatic nitrogens is 1. The quantitative estimate of drug-likeness (QED) is 0.243. The minimum absolute atomic E-state index is 0.287. The molecule has 1 aromatic heterocycles. The summed E-state index contributed by atoms with van der Waals surface area (Å²) in [6.45, 7) is 0.693. The fraction of sp³-hybridized carbons (Fsp3) is 0.167. The first kappa shape index (κ1) is 16.5. The SMILES string of the molecule is COc1cc(Cn2ccc3cc(C(=[NH2+])N=NN)ccc32)cc(OC)c1. The Morgan fingerprint density at radius 1 is 1.08 bits per heavy atom. The van der Waals surface area contributed by atoms with Gasteiger partial charge in [-0.3, -0.25) is 11.3 Å². The first-order chi connectivity index (χ1) is 12.1. The molecule has 0 aliphatic heterocycles. The molecule has 0 unspecified atom stereocenters. The lowest BCUT2D eigenvalue weighted by molar-refractivity contribution is -0.114. The molecule has 1 heterocycles. The van der Waals surface area contributed by atoms with Crippen molar-refractivity contribution in [2.45, 2.75) is 6.54 Å². The molecule has 0 bridgehead atoms. The second-order valence-corrected chi connectivity index (χ2v) is 5.54. The molecule has 0 atom stereocenters. The number of ether oxygens (including phenoxy) is 2. The van der Waals surface area contributed by atoms with Crippen LogP contribution in [0.2, 0.25) is 0 Å². The summed E-state index contributed by atoms with van der Waals surface area (Å²) in [5, 5.41) is 13.8. The number of benzene rings is 2. The van der Waals surface area contributed by atoms with Gasteiger partial charge >= 0.3 is 5.84 Å². The maximum atomic E-state index is 5.83. The van der Waals surface area contributed by atoms with Crippen LogP contribution in [0.15, 0.2) is 59.0 Å². The molecular formula is C18H20N5O2+. The molecule has 4 N–H and O–H groups in total. The van der Waals surface area contributed by atoms with E-state index in [0.717, 1.165) is 33.5 Å². The number of methoxy groups -OCH3 is 2. The Morgan fingerprint density at radius 3 is 2.44 bits per heavy atom. The molecule has 0 spiro atoms. The molecule has 0 radical (unpaired) electrons. The van der Waals surface area contributed by atoms with E-state index in [1.54, 1.807) is 14.2 Å². The maximum absolute atomic E-state index is 5.83. The second-order valence-electron chi connectivity index (χ2n) is 5.54. The normalized spacial score (nSPS) is 11.1. The second kappa shape index (κ2) is 7.04. The van der Waals surface area contributed by atoms with E-state index in [2.05, 4.69) is 14.9 Å². The molecule has 7 heteroatoms. The molecule has 0 aliphatic rings. The van der Waals surface area contributed by atoms with E-state index in [-0.39, 0.29) is 5.84 Å². The smallest absolute Gasteiger partial charge is 0.350 e. The van der Waals surface area contributed by atoms with Gasteiger partial charge in [0.25, 0.3) is 0 Å². The van der Waals surface area contributed by atoms with Gasteiger partial charge in [0.15, 0.2) is 0 Å². The minimum atomic E-state index is 0.287. The summed E-state index contributed by atoms with van der Waals surface area (Å²) in [7, 11) is 3.29. The topological polar surface area (TPSA) is 99.7 Å². The fourth-order valence-electron chi connectivity index (χ4n) is 2.77. The van der Waals surface area contributed by atoms with Gasteiger partial charge in [-0.1, -0.05) is 0 Å². The Bertz CT molecular complexity index is 924. The molecular weight excluding hydrogens is 318 g/mol. The van der Waals surface area contributed by atoms with Crippen LogP contribution in [0.4, 0.5) is 0 Å². The lowest BCUT2D eigenvalue weighted by Crippen LogP contribution is -2.38.